The molecule has 1 amide bonds. The zero-order valence-electron chi connectivity index (χ0n) is 19.6. The first-order valence-electron chi connectivity index (χ1n) is 11.4. The maximum absolute atomic E-state index is 12.9. The number of piperazine rings is 1. The summed E-state index contributed by atoms with van der Waals surface area (Å²) in [6.45, 7) is 3.34. The smallest absolute Gasteiger partial charge is 0.341 e. The molecule has 8 nitrogen and oxygen atoms in total. The maximum Gasteiger partial charge on any atom is 0.341 e. The molecule has 2 heterocycles. The Kier molecular flexibility index (Phi) is 8.43. The van der Waals surface area contributed by atoms with Gasteiger partial charge in [0.25, 0.3) is 0 Å². The van der Waals surface area contributed by atoms with E-state index in [1.807, 2.05) is 40.6 Å². The Morgan fingerprint density at radius 1 is 1.06 bits per heavy atom. The zero-order chi connectivity index (χ0) is 25.7. The molecule has 0 aliphatic carbocycles. The Morgan fingerprint density at radius 2 is 1.78 bits per heavy atom. The predicted octanol–water partition coefficient (Wildman–Crippen LogP) is 4.19. The molecule has 4 rings (SSSR count). The van der Waals surface area contributed by atoms with Crippen LogP contribution in [0, 0.1) is 0 Å². The highest BCUT2D eigenvalue weighted by Crippen LogP contribution is 2.36. The van der Waals surface area contributed by atoms with Gasteiger partial charge in [-0.1, -0.05) is 48.0 Å². The molecule has 2 aromatic carbocycles. The quantitative estimate of drug-likeness (QED) is 0.425. The molecule has 11 heteroatoms. The van der Waals surface area contributed by atoms with Crippen LogP contribution in [0.5, 0.6) is 0 Å². The van der Waals surface area contributed by atoms with Gasteiger partial charge in [-0.3, -0.25) is 9.69 Å². The third-order valence-electron chi connectivity index (χ3n) is 5.74. The lowest BCUT2D eigenvalue weighted by Crippen LogP contribution is -2.50. The number of halogens is 1. The van der Waals surface area contributed by atoms with E-state index < -0.39 is 16.0 Å². The topological polar surface area (TPSA) is 96.0 Å². The largest absolute Gasteiger partial charge is 0.462 e. The van der Waals surface area contributed by atoms with Crippen LogP contribution in [-0.4, -0.2) is 68.8 Å². The molecule has 0 atom stereocenters. The van der Waals surface area contributed by atoms with Crippen LogP contribution >= 0.6 is 22.9 Å². The van der Waals surface area contributed by atoms with E-state index in [-0.39, 0.29) is 37.0 Å². The van der Waals surface area contributed by atoms with Crippen molar-refractivity contribution in [1.82, 2.24) is 9.21 Å². The van der Waals surface area contributed by atoms with Crippen LogP contribution in [0.15, 0.2) is 64.9 Å². The zero-order valence-corrected chi connectivity index (χ0v) is 22.0. The van der Waals surface area contributed by atoms with E-state index in [2.05, 4.69) is 5.32 Å². The summed E-state index contributed by atoms with van der Waals surface area (Å²) in [4.78, 5) is 27.6. The number of rotatable bonds is 8. The minimum absolute atomic E-state index is 0.0753. The van der Waals surface area contributed by atoms with E-state index in [4.69, 9.17) is 16.3 Å². The molecule has 0 unspecified atom stereocenters. The van der Waals surface area contributed by atoms with Crippen molar-refractivity contribution in [2.24, 2.45) is 0 Å². The summed E-state index contributed by atoms with van der Waals surface area (Å²) >= 11 is 7.23. The van der Waals surface area contributed by atoms with Gasteiger partial charge in [0.2, 0.25) is 15.9 Å². The van der Waals surface area contributed by atoms with E-state index in [0.29, 0.717) is 34.2 Å². The number of benzene rings is 2. The van der Waals surface area contributed by atoms with Gasteiger partial charge in [-0.15, -0.1) is 11.3 Å². The maximum atomic E-state index is 12.9. The summed E-state index contributed by atoms with van der Waals surface area (Å²) in [5.74, 6) is -0.777. The molecule has 0 spiro atoms. The average molecular weight is 548 g/mol. The van der Waals surface area contributed by atoms with Crippen LogP contribution in [0.25, 0.3) is 11.1 Å². The Bertz CT molecular complexity index is 1340. The lowest BCUT2D eigenvalue weighted by Gasteiger charge is -2.33. The molecule has 0 bridgehead atoms. The van der Waals surface area contributed by atoms with Crippen LogP contribution in [-0.2, 0) is 19.6 Å². The fraction of sp³-hybridized carbons (Fsp3) is 0.280. The summed E-state index contributed by atoms with van der Waals surface area (Å²) in [6.07, 6.45) is 0. The second-order valence-corrected chi connectivity index (χ2v) is 11.4. The number of sulfonamides is 1. The lowest BCUT2D eigenvalue weighted by atomic mass is 10.0. The van der Waals surface area contributed by atoms with Crippen LogP contribution in [0.1, 0.15) is 17.3 Å². The molecule has 1 aliphatic heterocycles. The van der Waals surface area contributed by atoms with Crippen molar-refractivity contribution in [2.75, 3.05) is 44.6 Å². The summed E-state index contributed by atoms with van der Waals surface area (Å²) in [5.41, 5.74) is 1.89. The number of amides is 1. The molecule has 0 radical (unpaired) electrons. The fourth-order valence-electron chi connectivity index (χ4n) is 3.96. The second kappa shape index (κ2) is 11.5. The third kappa shape index (κ3) is 5.96. The molecule has 1 saturated heterocycles. The molecular formula is C25H26ClN3O5S2. The summed E-state index contributed by atoms with van der Waals surface area (Å²) < 4.78 is 32.5. The molecule has 36 heavy (non-hydrogen) atoms. The van der Waals surface area contributed by atoms with Crippen molar-refractivity contribution in [3.05, 3.63) is 70.6 Å². The van der Waals surface area contributed by atoms with E-state index in [0.717, 1.165) is 5.56 Å². The van der Waals surface area contributed by atoms with Crippen LogP contribution in [0.2, 0.25) is 5.02 Å². The highest BCUT2D eigenvalue weighted by molar-refractivity contribution is 7.89. The number of carbonyl (C=O) groups is 2. The highest BCUT2D eigenvalue weighted by Gasteiger charge is 2.30. The van der Waals surface area contributed by atoms with Gasteiger partial charge >= 0.3 is 5.97 Å². The van der Waals surface area contributed by atoms with Crippen LogP contribution < -0.4 is 5.32 Å². The first-order valence-corrected chi connectivity index (χ1v) is 14.1. The van der Waals surface area contributed by atoms with Gasteiger partial charge in [0.1, 0.15) is 10.6 Å². The van der Waals surface area contributed by atoms with Crippen molar-refractivity contribution >= 4 is 49.8 Å². The minimum Gasteiger partial charge on any atom is -0.462 e. The molecule has 3 aromatic rings. The summed E-state index contributed by atoms with van der Waals surface area (Å²) in [6, 6.07) is 15.6. The first-order chi connectivity index (χ1) is 17.3. The number of anilines is 1. The van der Waals surface area contributed by atoms with Gasteiger partial charge < -0.3 is 10.1 Å². The monoisotopic (exact) mass is 547 g/mol. The van der Waals surface area contributed by atoms with Crippen LogP contribution in [0.4, 0.5) is 5.00 Å². The van der Waals surface area contributed by atoms with Gasteiger partial charge in [-0.2, -0.15) is 4.31 Å². The van der Waals surface area contributed by atoms with Gasteiger partial charge in [0.05, 0.1) is 18.0 Å². The van der Waals surface area contributed by atoms with Gasteiger partial charge in [0, 0.05) is 42.1 Å². The van der Waals surface area contributed by atoms with E-state index >= 15 is 0 Å². The standard InChI is InChI=1S/C25H26ClN3O5S2/c1-2-34-25(31)23-21(18-7-4-3-5-8-18)17-35-24(23)27-22(30)16-28-11-13-29(14-12-28)36(32,33)20-10-6-9-19(26)15-20/h3-10,15,17H,2,11-14,16H2,1H3,(H,27,30). The van der Waals surface area contributed by atoms with Gasteiger partial charge in [-0.25, -0.2) is 13.2 Å². The molecule has 1 N–H and O–H groups in total. The van der Waals surface area contributed by atoms with Crippen molar-refractivity contribution in [2.45, 2.75) is 11.8 Å². The molecule has 0 saturated carbocycles. The number of nitrogens with zero attached hydrogens (tertiary/aromatic N) is 2. The SMILES string of the molecule is CCOC(=O)c1c(-c2ccccc2)csc1NC(=O)CN1CCN(S(=O)(=O)c2cccc(Cl)c2)CC1. The first kappa shape index (κ1) is 26.3. The van der Waals surface area contributed by atoms with Crippen molar-refractivity contribution in [3.8, 4) is 11.1 Å². The Labute approximate surface area is 219 Å². The molecular weight excluding hydrogens is 522 g/mol. The second-order valence-electron chi connectivity index (χ2n) is 8.13. The third-order valence-corrected chi connectivity index (χ3v) is 8.77. The highest BCUT2D eigenvalue weighted by atomic mass is 35.5. The fourth-order valence-corrected chi connectivity index (χ4v) is 6.66. The predicted molar refractivity (Wildman–Crippen MR) is 141 cm³/mol. The van der Waals surface area contributed by atoms with Crippen LogP contribution in [0.3, 0.4) is 0 Å². The number of carbonyl (C=O) groups excluding carboxylic acids is 2. The average Bonchev–Trinajstić information content (AvgIpc) is 3.28. The molecule has 1 aliphatic rings. The van der Waals surface area contributed by atoms with Crippen molar-refractivity contribution in [1.29, 1.82) is 0 Å². The normalized spacial score (nSPS) is 14.9. The van der Waals surface area contributed by atoms with E-state index in [1.54, 1.807) is 19.1 Å². The summed E-state index contributed by atoms with van der Waals surface area (Å²) in [7, 11) is -3.66. The van der Waals surface area contributed by atoms with Crippen molar-refractivity contribution in [3.63, 3.8) is 0 Å². The molecule has 190 valence electrons. The number of esters is 1. The number of hydrogen-bond acceptors (Lipinski definition) is 7. The number of nitrogens with one attached hydrogen (secondary N) is 1. The Hall–Kier alpha value is -2.76. The van der Waals surface area contributed by atoms with E-state index in [1.165, 1.54) is 27.8 Å². The lowest BCUT2D eigenvalue weighted by molar-refractivity contribution is -0.117. The number of thiophene rings is 1. The summed E-state index contributed by atoms with van der Waals surface area (Å²) in [5, 5.41) is 5.47. The molecule has 1 aromatic heterocycles. The van der Waals surface area contributed by atoms with Gasteiger partial charge in [0.15, 0.2) is 0 Å². The number of ether oxygens (including phenoxy) is 1. The van der Waals surface area contributed by atoms with Crippen molar-refractivity contribution < 1.29 is 22.7 Å². The minimum atomic E-state index is -3.66. The molecule has 1 fully saturated rings. The Balaban J connectivity index is 1.40. The Morgan fingerprint density at radius 3 is 2.44 bits per heavy atom. The van der Waals surface area contributed by atoms with Gasteiger partial charge in [-0.05, 0) is 30.7 Å². The number of hydrogen-bond donors (Lipinski definition) is 1. The van der Waals surface area contributed by atoms with E-state index in [9.17, 15) is 18.0 Å².